The zero-order chi connectivity index (χ0) is 8.27. The van der Waals surface area contributed by atoms with Gasteiger partial charge in [0.15, 0.2) is 0 Å². The molecule has 4 N–H and O–H groups in total. The van der Waals surface area contributed by atoms with Gasteiger partial charge < -0.3 is 11.5 Å². The molecule has 0 aliphatic carbocycles. The van der Waals surface area contributed by atoms with Crippen LogP contribution in [0.1, 0.15) is 0 Å². The molecule has 1 aromatic carbocycles. The van der Waals surface area contributed by atoms with Gasteiger partial charge in [-0.1, -0.05) is 24.3 Å². The summed E-state index contributed by atoms with van der Waals surface area (Å²) in [5.74, 6) is 0. The Kier molecular flexibility index (Phi) is 2.54. The lowest BCUT2D eigenvalue weighted by atomic mass is 10.2. The third-order valence-electron chi connectivity index (χ3n) is 1.40. The summed E-state index contributed by atoms with van der Waals surface area (Å²) in [6.45, 7) is 0. The van der Waals surface area contributed by atoms with Gasteiger partial charge in [0.05, 0.1) is 4.61 Å². The molecular weight excluding hydrogens is 204 g/mol. The molecular formula is C8H9BrN2. The number of hydrogen-bond donors (Lipinski definition) is 2. The number of rotatable bonds is 0. The maximum absolute atomic E-state index is 5.55. The van der Waals surface area contributed by atoms with Crippen molar-refractivity contribution >= 4 is 26.7 Å². The highest BCUT2D eigenvalue weighted by atomic mass is 79.9. The van der Waals surface area contributed by atoms with Crippen molar-refractivity contribution < 1.29 is 0 Å². The van der Waals surface area contributed by atoms with E-state index in [1.165, 1.54) is 6.20 Å². The van der Waals surface area contributed by atoms with E-state index in [1.54, 1.807) is 0 Å². The first-order valence-electron chi connectivity index (χ1n) is 3.18. The molecule has 0 amide bonds. The minimum atomic E-state index is 0.606. The van der Waals surface area contributed by atoms with E-state index in [9.17, 15) is 0 Å². The van der Waals surface area contributed by atoms with Crippen LogP contribution in [0, 0.1) is 0 Å². The molecule has 0 saturated heterocycles. The fourth-order valence-corrected chi connectivity index (χ4v) is 1.22. The van der Waals surface area contributed by atoms with Crippen LogP contribution in [0.4, 0.5) is 0 Å². The zero-order valence-electron chi connectivity index (χ0n) is 5.92. The van der Waals surface area contributed by atoms with E-state index in [-0.39, 0.29) is 0 Å². The monoisotopic (exact) mass is 212 g/mol. The minimum absolute atomic E-state index is 0.606. The smallest absolute Gasteiger partial charge is 0.0834 e. The standard InChI is InChI=1S/C8H9BrN2/c9-8(11)7-4-2-1-3-6(7)5-10/h1-5H,10-11H2/b6-5-,8-7-. The summed E-state index contributed by atoms with van der Waals surface area (Å²) in [6, 6.07) is 7.64. The number of hydrogen-bond acceptors (Lipinski definition) is 2. The molecule has 0 spiro atoms. The van der Waals surface area contributed by atoms with Crippen molar-refractivity contribution in [1.29, 1.82) is 0 Å². The van der Waals surface area contributed by atoms with Gasteiger partial charge in [-0.05, 0) is 21.1 Å². The van der Waals surface area contributed by atoms with Gasteiger partial charge in [0.2, 0.25) is 0 Å². The first-order chi connectivity index (χ1) is 5.25. The van der Waals surface area contributed by atoms with Crippen LogP contribution in [-0.4, -0.2) is 0 Å². The second kappa shape index (κ2) is 3.44. The summed E-state index contributed by atoms with van der Waals surface area (Å²) >= 11 is 3.19. The van der Waals surface area contributed by atoms with E-state index < -0.39 is 0 Å². The molecule has 0 unspecified atom stereocenters. The van der Waals surface area contributed by atoms with Crippen molar-refractivity contribution in [3.63, 3.8) is 0 Å². The third-order valence-corrected chi connectivity index (χ3v) is 1.82. The van der Waals surface area contributed by atoms with Crippen LogP contribution >= 0.6 is 15.9 Å². The Morgan fingerprint density at radius 2 is 2.00 bits per heavy atom. The lowest BCUT2D eigenvalue weighted by molar-refractivity contribution is 1.46. The van der Waals surface area contributed by atoms with Crippen LogP contribution in [0.25, 0.3) is 10.8 Å². The lowest BCUT2D eigenvalue weighted by Crippen LogP contribution is -2.28. The Morgan fingerprint density at radius 1 is 1.36 bits per heavy atom. The highest BCUT2D eigenvalue weighted by Crippen LogP contribution is 1.88. The fourth-order valence-electron chi connectivity index (χ4n) is 0.860. The SMILES string of the molecule is N/C=c1/cccc/c1=C(/N)Br. The average molecular weight is 213 g/mol. The molecule has 1 rings (SSSR count). The highest BCUT2D eigenvalue weighted by molar-refractivity contribution is 9.14. The Labute approximate surface area is 73.3 Å². The second-order valence-corrected chi connectivity index (χ2v) is 2.96. The molecule has 0 bridgehead atoms. The van der Waals surface area contributed by atoms with Crippen molar-refractivity contribution in [2.24, 2.45) is 11.5 Å². The van der Waals surface area contributed by atoms with Crippen LogP contribution in [0.5, 0.6) is 0 Å². The highest BCUT2D eigenvalue weighted by Gasteiger charge is 1.85. The predicted octanol–water partition coefficient (Wildman–Crippen LogP) is -0.197. The second-order valence-electron chi connectivity index (χ2n) is 2.10. The maximum atomic E-state index is 5.55. The van der Waals surface area contributed by atoms with Crippen LogP contribution < -0.4 is 21.9 Å². The molecule has 3 heteroatoms. The molecule has 0 atom stereocenters. The van der Waals surface area contributed by atoms with Gasteiger partial charge in [0, 0.05) is 11.4 Å². The molecule has 11 heavy (non-hydrogen) atoms. The molecule has 0 aliphatic rings. The Bertz CT molecular complexity index is 353. The average Bonchev–Trinajstić information content (AvgIpc) is 2.04. The van der Waals surface area contributed by atoms with Gasteiger partial charge in [0.1, 0.15) is 0 Å². The van der Waals surface area contributed by atoms with E-state index in [2.05, 4.69) is 15.9 Å². The van der Waals surface area contributed by atoms with Crippen molar-refractivity contribution in [2.75, 3.05) is 0 Å². The predicted molar refractivity (Wildman–Crippen MR) is 50.9 cm³/mol. The third kappa shape index (κ3) is 1.74. The Balaban J connectivity index is 3.64. The molecule has 0 radical (unpaired) electrons. The fraction of sp³-hybridized carbons (Fsp3) is 0. The van der Waals surface area contributed by atoms with Crippen LogP contribution in [0.2, 0.25) is 0 Å². The van der Waals surface area contributed by atoms with Gasteiger partial charge in [-0.3, -0.25) is 0 Å². The van der Waals surface area contributed by atoms with E-state index in [4.69, 9.17) is 11.5 Å². The summed E-state index contributed by atoms with van der Waals surface area (Å²) in [5.41, 5.74) is 10.9. The summed E-state index contributed by atoms with van der Waals surface area (Å²) in [4.78, 5) is 0. The number of halogens is 1. The molecule has 0 aliphatic heterocycles. The van der Waals surface area contributed by atoms with Crippen molar-refractivity contribution in [3.05, 3.63) is 34.7 Å². The summed E-state index contributed by atoms with van der Waals surface area (Å²) < 4.78 is 0.606. The molecule has 0 fully saturated rings. The number of benzene rings is 1. The van der Waals surface area contributed by atoms with E-state index in [0.29, 0.717) is 4.61 Å². The summed E-state index contributed by atoms with van der Waals surface area (Å²) in [6.07, 6.45) is 1.53. The largest absolute Gasteiger partial charge is 0.404 e. The first kappa shape index (κ1) is 8.14. The summed E-state index contributed by atoms with van der Waals surface area (Å²) in [5, 5.41) is 1.86. The van der Waals surface area contributed by atoms with Crippen molar-refractivity contribution in [1.82, 2.24) is 0 Å². The Hall–Kier alpha value is -0.960. The van der Waals surface area contributed by atoms with Gasteiger partial charge in [-0.25, -0.2) is 0 Å². The molecule has 0 aromatic heterocycles. The lowest BCUT2D eigenvalue weighted by Gasteiger charge is -1.90. The van der Waals surface area contributed by atoms with Gasteiger partial charge >= 0.3 is 0 Å². The van der Waals surface area contributed by atoms with Gasteiger partial charge in [-0.2, -0.15) is 0 Å². The molecule has 2 nitrogen and oxygen atoms in total. The van der Waals surface area contributed by atoms with Crippen LogP contribution in [0.3, 0.4) is 0 Å². The Morgan fingerprint density at radius 3 is 2.45 bits per heavy atom. The van der Waals surface area contributed by atoms with Crippen LogP contribution in [-0.2, 0) is 0 Å². The topological polar surface area (TPSA) is 52.0 Å². The molecule has 58 valence electrons. The zero-order valence-corrected chi connectivity index (χ0v) is 7.51. The number of nitrogens with two attached hydrogens (primary N) is 2. The minimum Gasteiger partial charge on any atom is -0.404 e. The van der Waals surface area contributed by atoms with Gasteiger partial charge in [0.25, 0.3) is 0 Å². The van der Waals surface area contributed by atoms with Crippen LogP contribution in [0.15, 0.2) is 24.3 Å². The molecule has 0 saturated carbocycles. The van der Waals surface area contributed by atoms with E-state index in [0.717, 1.165) is 10.4 Å². The van der Waals surface area contributed by atoms with Crippen molar-refractivity contribution in [2.45, 2.75) is 0 Å². The first-order valence-corrected chi connectivity index (χ1v) is 3.97. The maximum Gasteiger partial charge on any atom is 0.0834 e. The van der Waals surface area contributed by atoms with Gasteiger partial charge in [-0.15, -0.1) is 0 Å². The van der Waals surface area contributed by atoms with E-state index >= 15 is 0 Å². The molecule has 1 aromatic rings. The normalized spacial score (nSPS) is 14.8. The van der Waals surface area contributed by atoms with E-state index in [1.807, 2.05) is 24.3 Å². The molecule has 0 heterocycles. The quantitative estimate of drug-likeness (QED) is 0.586. The van der Waals surface area contributed by atoms with Crippen molar-refractivity contribution in [3.8, 4) is 0 Å². The summed E-state index contributed by atoms with van der Waals surface area (Å²) in [7, 11) is 0.